The highest BCUT2D eigenvalue weighted by atomic mass is 32.2. The molecular formula is C14H19NO6S. The molecule has 0 radical (unpaired) electrons. The summed E-state index contributed by atoms with van der Waals surface area (Å²) in [7, 11) is -2.24. The Kier molecular flexibility index (Phi) is 5.38. The van der Waals surface area contributed by atoms with Gasteiger partial charge in [0.25, 0.3) is 0 Å². The quantitative estimate of drug-likeness (QED) is 0.749. The molecule has 1 aromatic carbocycles. The Balaban J connectivity index is 2.14. The molecule has 0 saturated carbocycles. The summed E-state index contributed by atoms with van der Waals surface area (Å²) < 4.78 is 36.3. The summed E-state index contributed by atoms with van der Waals surface area (Å²) >= 11 is 0. The second-order valence-electron chi connectivity index (χ2n) is 4.92. The number of carboxylic acids is 1. The molecule has 0 aliphatic carbocycles. The molecule has 1 heterocycles. The van der Waals surface area contributed by atoms with E-state index in [2.05, 4.69) is 0 Å². The Morgan fingerprint density at radius 2 is 2.00 bits per heavy atom. The third-order valence-electron chi connectivity index (χ3n) is 3.48. The Morgan fingerprint density at radius 1 is 1.32 bits per heavy atom. The lowest BCUT2D eigenvalue weighted by Crippen LogP contribution is -2.40. The third-order valence-corrected chi connectivity index (χ3v) is 5.40. The summed E-state index contributed by atoms with van der Waals surface area (Å²) in [5, 5.41) is 9.12. The van der Waals surface area contributed by atoms with Crippen molar-refractivity contribution < 1.29 is 27.8 Å². The topological polar surface area (TPSA) is 93.1 Å². The Bertz CT molecular complexity index is 613. The van der Waals surface area contributed by atoms with E-state index >= 15 is 0 Å². The molecule has 1 aliphatic heterocycles. The average molecular weight is 329 g/mol. The molecule has 1 aromatic rings. The maximum atomic E-state index is 12.5. The highest BCUT2D eigenvalue weighted by molar-refractivity contribution is 7.89. The van der Waals surface area contributed by atoms with Crippen molar-refractivity contribution in [2.75, 3.05) is 26.9 Å². The van der Waals surface area contributed by atoms with Crippen LogP contribution in [0.1, 0.15) is 12.8 Å². The first-order valence-electron chi connectivity index (χ1n) is 6.93. The summed E-state index contributed by atoms with van der Waals surface area (Å²) in [5.74, 6) is -0.576. The van der Waals surface area contributed by atoms with Gasteiger partial charge < -0.3 is 14.6 Å². The predicted octanol–water partition coefficient (Wildman–Crippen LogP) is 0.950. The molecule has 0 amide bonds. The molecular weight excluding hydrogens is 310 g/mol. The monoisotopic (exact) mass is 329 g/mol. The maximum absolute atomic E-state index is 12.5. The molecule has 122 valence electrons. The van der Waals surface area contributed by atoms with Crippen molar-refractivity contribution in [2.45, 2.75) is 23.8 Å². The number of aliphatic carboxylic acids is 1. The zero-order valence-corrected chi connectivity index (χ0v) is 13.1. The molecule has 1 unspecified atom stereocenters. The number of ether oxygens (including phenoxy) is 2. The minimum absolute atomic E-state index is 0.0692. The second-order valence-corrected chi connectivity index (χ2v) is 6.82. The Hall–Kier alpha value is -1.64. The number of rotatable bonds is 7. The minimum atomic E-state index is -3.80. The largest absolute Gasteiger partial charge is 0.491 e. The van der Waals surface area contributed by atoms with Gasteiger partial charge in [-0.3, -0.25) is 4.79 Å². The molecule has 0 bridgehead atoms. The van der Waals surface area contributed by atoms with Crippen LogP contribution in [-0.2, 0) is 19.6 Å². The predicted molar refractivity (Wildman–Crippen MR) is 78.4 cm³/mol. The third kappa shape index (κ3) is 3.57. The van der Waals surface area contributed by atoms with E-state index in [-0.39, 0.29) is 11.4 Å². The maximum Gasteiger partial charge on any atom is 0.322 e. The average Bonchev–Trinajstić information content (AvgIpc) is 2.98. The van der Waals surface area contributed by atoms with Crippen LogP contribution in [0.3, 0.4) is 0 Å². The highest BCUT2D eigenvalue weighted by Gasteiger charge is 2.39. The smallest absolute Gasteiger partial charge is 0.322 e. The van der Waals surface area contributed by atoms with Crippen LogP contribution in [0, 0.1) is 0 Å². The number of carbonyl (C=O) groups is 1. The molecule has 0 spiro atoms. The highest BCUT2D eigenvalue weighted by Crippen LogP contribution is 2.27. The van der Waals surface area contributed by atoms with Crippen LogP contribution in [0.2, 0.25) is 0 Å². The van der Waals surface area contributed by atoms with Crippen molar-refractivity contribution in [3.05, 3.63) is 24.3 Å². The van der Waals surface area contributed by atoms with E-state index in [1.165, 1.54) is 12.1 Å². The standard InChI is InChI=1S/C14H19NO6S/c1-20-9-10-21-11-4-6-12(7-5-11)22(18,19)15-8-2-3-13(15)14(16)17/h4-7,13H,2-3,8-10H2,1H3,(H,16,17). The van der Waals surface area contributed by atoms with Crippen LogP contribution < -0.4 is 4.74 Å². The number of nitrogens with zero attached hydrogens (tertiary/aromatic N) is 1. The van der Waals surface area contributed by atoms with Gasteiger partial charge in [0.15, 0.2) is 0 Å². The number of methoxy groups -OCH3 is 1. The summed E-state index contributed by atoms with van der Waals surface area (Å²) in [6, 6.07) is 4.97. The van der Waals surface area contributed by atoms with Crippen LogP contribution in [0.15, 0.2) is 29.2 Å². The van der Waals surface area contributed by atoms with Crippen molar-refractivity contribution in [3.63, 3.8) is 0 Å². The first-order chi connectivity index (χ1) is 10.5. The van der Waals surface area contributed by atoms with Gasteiger partial charge in [-0.25, -0.2) is 8.42 Å². The van der Waals surface area contributed by atoms with Gasteiger partial charge in [0.1, 0.15) is 18.4 Å². The number of hydrogen-bond acceptors (Lipinski definition) is 5. The molecule has 1 saturated heterocycles. The van der Waals surface area contributed by atoms with Crippen LogP contribution in [0.5, 0.6) is 5.75 Å². The van der Waals surface area contributed by atoms with Crippen molar-refractivity contribution in [3.8, 4) is 5.75 Å². The van der Waals surface area contributed by atoms with Gasteiger partial charge in [-0.1, -0.05) is 0 Å². The molecule has 1 N–H and O–H groups in total. The van der Waals surface area contributed by atoms with Gasteiger partial charge in [0.05, 0.1) is 11.5 Å². The van der Waals surface area contributed by atoms with Gasteiger partial charge in [0.2, 0.25) is 10.0 Å². The zero-order chi connectivity index (χ0) is 16.2. The lowest BCUT2D eigenvalue weighted by atomic mass is 10.2. The lowest BCUT2D eigenvalue weighted by molar-refractivity contribution is -0.140. The first kappa shape index (κ1) is 16.7. The molecule has 1 aliphatic rings. The Morgan fingerprint density at radius 3 is 2.59 bits per heavy atom. The summed E-state index contributed by atoms with van der Waals surface area (Å²) in [4.78, 5) is 11.2. The molecule has 0 aromatic heterocycles. The minimum Gasteiger partial charge on any atom is -0.491 e. The van der Waals surface area contributed by atoms with Crippen molar-refractivity contribution in [2.24, 2.45) is 0 Å². The number of benzene rings is 1. The molecule has 1 atom stereocenters. The van der Waals surface area contributed by atoms with Crippen LogP contribution >= 0.6 is 0 Å². The molecule has 22 heavy (non-hydrogen) atoms. The van der Waals surface area contributed by atoms with Gasteiger partial charge in [-0.15, -0.1) is 0 Å². The fraction of sp³-hybridized carbons (Fsp3) is 0.500. The van der Waals surface area contributed by atoms with Gasteiger partial charge in [0, 0.05) is 13.7 Å². The van der Waals surface area contributed by atoms with Gasteiger partial charge >= 0.3 is 5.97 Å². The van der Waals surface area contributed by atoms with E-state index in [1.54, 1.807) is 19.2 Å². The number of hydrogen-bond donors (Lipinski definition) is 1. The second kappa shape index (κ2) is 7.08. The fourth-order valence-corrected chi connectivity index (χ4v) is 4.01. The Labute approximate surface area is 129 Å². The molecule has 8 heteroatoms. The van der Waals surface area contributed by atoms with Crippen molar-refractivity contribution >= 4 is 16.0 Å². The number of sulfonamides is 1. The van der Waals surface area contributed by atoms with Crippen molar-refractivity contribution in [1.82, 2.24) is 4.31 Å². The summed E-state index contributed by atoms with van der Waals surface area (Å²) in [6.07, 6.45) is 0.890. The molecule has 1 fully saturated rings. The van der Waals surface area contributed by atoms with E-state index in [4.69, 9.17) is 14.6 Å². The fourth-order valence-electron chi connectivity index (χ4n) is 2.36. The SMILES string of the molecule is COCCOc1ccc(S(=O)(=O)N2CCCC2C(=O)O)cc1. The van der Waals surface area contributed by atoms with Crippen molar-refractivity contribution in [1.29, 1.82) is 0 Å². The summed E-state index contributed by atoms with van der Waals surface area (Å²) in [6.45, 7) is 1.04. The van der Waals surface area contributed by atoms with Gasteiger partial charge in [-0.05, 0) is 37.1 Å². The van der Waals surface area contributed by atoms with Crippen LogP contribution in [0.25, 0.3) is 0 Å². The van der Waals surface area contributed by atoms with E-state index in [0.717, 1.165) is 4.31 Å². The summed E-state index contributed by atoms with van der Waals surface area (Å²) in [5.41, 5.74) is 0. The normalized spacial score (nSPS) is 19.2. The van der Waals surface area contributed by atoms with Crippen LogP contribution in [0.4, 0.5) is 0 Å². The van der Waals surface area contributed by atoms with Crippen LogP contribution in [-0.4, -0.2) is 56.7 Å². The first-order valence-corrected chi connectivity index (χ1v) is 8.37. The lowest BCUT2D eigenvalue weighted by Gasteiger charge is -2.21. The molecule has 7 nitrogen and oxygen atoms in total. The van der Waals surface area contributed by atoms with E-state index in [0.29, 0.717) is 31.8 Å². The van der Waals surface area contributed by atoms with Gasteiger partial charge in [-0.2, -0.15) is 4.31 Å². The zero-order valence-electron chi connectivity index (χ0n) is 12.3. The number of carboxylic acid groups (broad SMARTS) is 1. The van der Waals surface area contributed by atoms with E-state index in [1.807, 2.05) is 0 Å². The van der Waals surface area contributed by atoms with E-state index < -0.39 is 22.0 Å². The van der Waals surface area contributed by atoms with E-state index in [9.17, 15) is 13.2 Å². The molecule has 2 rings (SSSR count).